The lowest BCUT2D eigenvalue weighted by Gasteiger charge is -2.11. The topological polar surface area (TPSA) is 55.9 Å². The fraction of sp³-hybridized carbons (Fsp3) is 0.286. The van der Waals surface area contributed by atoms with E-state index < -0.39 is 0 Å². The molecule has 0 amide bonds. The van der Waals surface area contributed by atoms with Gasteiger partial charge in [-0.2, -0.15) is 4.98 Å². The van der Waals surface area contributed by atoms with Crippen molar-refractivity contribution in [1.29, 1.82) is 0 Å². The van der Waals surface area contributed by atoms with Crippen LogP contribution in [0.1, 0.15) is 6.92 Å². The normalized spacial score (nSPS) is 12.7. The molecule has 104 valence electrons. The summed E-state index contributed by atoms with van der Waals surface area (Å²) in [7, 11) is 0. The van der Waals surface area contributed by atoms with Crippen LogP contribution >= 0.6 is 0 Å². The van der Waals surface area contributed by atoms with Crippen molar-refractivity contribution in [2.45, 2.75) is 13.5 Å². The van der Waals surface area contributed by atoms with E-state index in [1.807, 2.05) is 10.8 Å². The summed E-state index contributed by atoms with van der Waals surface area (Å²) >= 11 is 0. The molecule has 2 heterocycles. The number of nitrogens with one attached hydrogen (secondary N) is 1. The maximum atomic E-state index is 13.1. The summed E-state index contributed by atoms with van der Waals surface area (Å²) in [5, 5.41) is 3.13. The molecule has 1 atom stereocenters. The molecule has 3 aromatic rings. The molecule has 0 radical (unpaired) electrons. The van der Waals surface area contributed by atoms with Crippen molar-refractivity contribution in [2.75, 3.05) is 11.9 Å². The minimum Gasteiger partial charge on any atom is -0.424 e. The van der Waals surface area contributed by atoms with Crippen LogP contribution in [-0.2, 0) is 6.54 Å². The van der Waals surface area contributed by atoms with Crippen LogP contribution < -0.4 is 5.32 Å². The number of halogens is 1. The van der Waals surface area contributed by atoms with E-state index in [1.165, 1.54) is 12.1 Å². The molecule has 1 N–H and O–H groups in total. The fourth-order valence-corrected chi connectivity index (χ4v) is 2.06. The number of aromatic nitrogens is 3. The number of anilines is 1. The van der Waals surface area contributed by atoms with E-state index in [0.717, 1.165) is 6.54 Å². The van der Waals surface area contributed by atoms with Gasteiger partial charge in [-0.3, -0.25) is 0 Å². The standard InChI is InChI=1S/C14H15FN4O/c1-10(8-19-5-4-16-9-19)7-17-14-18-12-6-11(15)2-3-13(12)20-14/h2-6,9-10H,7-8H2,1H3,(H,17,18). The van der Waals surface area contributed by atoms with Gasteiger partial charge in [0.2, 0.25) is 0 Å². The zero-order valence-electron chi connectivity index (χ0n) is 11.1. The number of rotatable bonds is 5. The van der Waals surface area contributed by atoms with E-state index in [4.69, 9.17) is 4.42 Å². The highest BCUT2D eigenvalue weighted by Crippen LogP contribution is 2.19. The number of nitrogens with zero attached hydrogens (tertiary/aromatic N) is 3. The molecule has 1 unspecified atom stereocenters. The van der Waals surface area contributed by atoms with Crippen molar-refractivity contribution in [1.82, 2.24) is 14.5 Å². The SMILES string of the molecule is CC(CNc1nc2cc(F)ccc2o1)Cn1ccnc1. The van der Waals surface area contributed by atoms with E-state index in [-0.39, 0.29) is 5.82 Å². The predicted molar refractivity (Wildman–Crippen MR) is 73.8 cm³/mol. The van der Waals surface area contributed by atoms with Crippen LogP contribution in [-0.4, -0.2) is 21.1 Å². The summed E-state index contributed by atoms with van der Waals surface area (Å²) in [6.07, 6.45) is 5.48. The Bertz CT molecular complexity index is 692. The van der Waals surface area contributed by atoms with Gasteiger partial charge < -0.3 is 14.3 Å². The Morgan fingerprint density at radius 1 is 1.45 bits per heavy atom. The molecule has 0 aliphatic carbocycles. The van der Waals surface area contributed by atoms with Crippen LogP contribution in [0.4, 0.5) is 10.4 Å². The van der Waals surface area contributed by atoms with Gasteiger partial charge in [0.25, 0.3) is 6.01 Å². The molecule has 3 rings (SSSR count). The number of imidazole rings is 1. The first-order valence-corrected chi connectivity index (χ1v) is 6.46. The van der Waals surface area contributed by atoms with Crippen LogP contribution in [0, 0.1) is 11.7 Å². The average Bonchev–Trinajstić information content (AvgIpc) is 3.04. The van der Waals surface area contributed by atoms with Gasteiger partial charge in [0.15, 0.2) is 5.58 Å². The highest BCUT2D eigenvalue weighted by Gasteiger charge is 2.08. The van der Waals surface area contributed by atoms with E-state index in [2.05, 4.69) is 22.2 Å². The Labute approximate surface area is 115 Å². The van der Waals surface area contributed by atoms with E-state index in [1.54, 1.807) is 18.6 Å². The van der Waals surface area contributed by atoms with Gasteiger partial charge >= 0.3 is 0 Å². The lowest BCUT2D eigenvalue weighted by molar-refractivity contribution is 0.494. The molecular formula is C14H15FN4O. The van der Waals surface area contributed by atoms with Gasteiger partial charge in [-0.25, -0.2) is 9.37 Å². The molecule has 6 heteroatoms. The number of hydrogen-bond donors (Lipinski definition) is 1. The van der Waals surface area contributed by atoms with Gasteiger partial charge in [-0.05, 0) is 18.1 Å². The van der Waals surface area contributed by atoms with E-state index in [9.17, 15) is 4.39 Å². The Morgan fingerprint density at radius 2 is 2.35 bits per heavy atom. The monoisotopic (exact) mass is 274 g/mol. The van der Waals surface area contributed by atoms with Gasteiger partial charge in [-0.15, -0.1) is 0 Å². The molecule has 0 bridgehead atoms. The second kappa shape index (κ2) is 5.32. The van der Waals surface area contributed by atoms with Crippen molar-refractivity contribution in [3.05, 3.63) is 42.7 Å². The second-order valence-corrected chi connectivity index (χ2v) is 4.88. The smallest absolute Gasteiger partial charge is 0.295 e. The maximum Gasteiger partial charge on any atom is 0.295 e. The third kappa shape index (κ3) is 2.79. The van der Waals surface area contributed by atoms with E-state index in [0.29, 0.717) is 29.6 Å². The van der Waals surface area contributed by atoms with Crippen molar-refractivity contribution in [2.24, 2.45) is 5.92 Å². The molecule has 0 aliphatic rings. The molecule has 2 aromatic heterocycles. The van der Waals surface area contributed by atoms with E-state index >= 15 is 0 Å². The van der Waals surface area contributed by atoms with Gasteiger partial charge in [0, 0.05) is 31.5 Å². The third-order valence-electron chi connectivity index (χ3n) is 3.03. The predicted octanol–water partition coefficient (Wildman–Crippen LogP) is 2.91. The summed E-state index contributed by atoms with van der Waals surface area (Å²) in [4.78, 5) is 8.21. The number of oxazole rings is 1. The molecule has 0 saturated carbocycles. The molecule has 0 aliphatic heterocycles. The second-order valence-electron chi connectivity index (χ2n) is 4.88. The lowest BCUT2D eigenvalue weighted by Crippen LogP contribution is -2.16. The number of benzene rings is 1. The van der Waals surface area contributed by atoms with Crippen molar-refractivity contribution in [3.8, 4) is 0 Å². The highest BCUT2D eigenvalue weighted by atomic mass is 19.1. The third-order valence-corrected chi connectivity index (χ3v) is 3.03. The molecule has 0 saturated heterocycles. The number of hydrogen-bond acceptors (Lipinski definition) is 4. The van der Waals surface area contributed by atoms with Crippen molar-refractivity contribution >= 4 is 17.1 Å². The minimum atomic E-state index is -0.314. The Morgan fingerprint density at radius 3 is 3.15 bits per heavy atom. The van der Waals surface area contributed by atoms with Crippen LogP contribution in [0.15, 0.2) is 41.3 Å². The first-order chi connectivity index (χ1) is 9.70. The summed E-state index contributed by atoms with van der Waals surface area (Å²) in [5.41, 5.74) is 1.10. The Hall–Kier alpha value is -2.37. The Kier molecular flexibility index (Phi) is 3.37. The highest BCUT2D eigenvalue weighted by molar-refractivity contribution is 5.74. The first-order valence-electron chi connectivity index (χ1n) is 6.46. The molecule has 1 aromatic carbocycles. The maximum absolute atomic E-state index is 13.1. The summed E-state index contributed by atoms with van der Waals surface area (Å²) in [6, 6.07) is 4.72. The fourth-order valence-electron chi connectivity index (χ4n) is 2.06. The van der Waals surface area contributed by atoms with Gasteiger partial charge in [0.1, 0.15) is 11.3 Å². The number of fused-ring (bicyclic) bond motifs is 1. The lowest BCUT2D eigenvalue weighted by atomic mass is 10.2. The van der Waals surface area contributed by atoms with Gasteiger partial charge in [0.05, 0.1) is 6.33 Å². The Balaban J connectivity index is 1.61. The van der Waals surface area contributed by atoms with Crippen molar-refractivity contribution < 1.29 is 8.81 Å². The minimum absolute atomic E-state index is 0.314. The van der Waals surface area contributed by atoms with Gasteiger partial charge in [-0.1, -0.05) is 6.92 Å². The average molecular weight is 274 g/mol. The van der Waals surface area contributed by atoms with Crippen LogP contribution in [0.3, 0.4) is 0 Å². The van der Waals surface area contributed by atoms with Crippen LogP contribution in [0.2, 0.25) is 0 Å². The molecule has 0 spiro atoms. The largest absolute Gasteiger partial charge is 0.424 e. The quantitative estimate of drug-likeness (QED) is 0.777. The molecular weight excluding hydrogens is 259 g/mol. The zero-order valence-corrected chi connectivity index (χ0v) is 11.1. The first kappa shape index (κ1) is 12.7. The zero-order chi connectivity index (χ0) is 13.9. The molecule has 20 heavy (non-hydrogen) atoms. The molecule has 0 fully saturated rings. The summed E-state index contributed by atoms with van der Waals surface area (Å²) in [6.45, 7) is 3.70. The molecule has 5 nitrogen and oxygen atoms in total. The van der Waals surface area contributed by atoms with Crippen molar-refractivity contribution in [3.63, 3.8) is 0 Å². The summed E-state index contributed by atoms with van der Waals surface area (Å²) < 4.78 is 20.6. The summed E-state index contributed by atoms with van der Waals surface area (Å²) in [5.74, 6) is 0.0711. The van der Waals surface area contributed by atoms with Crippen LogP contribution in [0.5, 0.6) is 0 Å². The van der Waals surface area contributed by atoms with Crippen LogP contribution in [0.25, 0.3) is 11.1 Å².